The predicted octanol–water partition coefficient (Wildman–Crippen LogP) is 2.08. The van der Waals surface area contributed by atoms with E-state index in [1.54, 1.807) is 0 Å². The molecule has 4 nitrogen and oxygen atoms in total. The van der Waals surface area contributed by atoms with Crippen molar-refractivity contribution in [2.45, 2.75) is 45.8 Å². The fourth-order valence-electron chi connectivity index (χ4n) is 2.49. The van der Waals surface area contributed by atoms with Gasteiger partial charge in [0.2, 0.25) is 0 Å². The summed E-state index contributed by atoms with van der Waals surface area (Å²) in [7, 11) is 0. The molecule has 0 bridgehead atoms. The summed E-state index contributed by atoms with van der Waals surface area (Å²) in [5.74, 6) is 0. The van der Waals surface area contributed by atoms with Gasteiger partial charge in [-0.3, -0.25) is 9.58 Å². The molecule has 1 aromatic heterocycles. The molecule has 0 spiro atoms. The molecule has 1 aromatic rings. The second kappa shape index (κ2) is 6.90. The van der Waals surface area contributed by atoms with Crippen molar-refractivity contribution in [3.8, 4) is 0 Å². The number of hydrogen-bond acceptors (Lipinski definition) is 3. The van der Waals surface area contributed by atoms with Crippen molar-refractivity contribution < 1.29 is 4.74 Å². The monoisotopic (exact) mass is 251 g/mol. The van der Waals surface area contributed by atoms with E-state index in [0.29, 0.717) is 6.10 Å². The molecular weight excluding hydrogens is 226 g/mol. The molecule has 0 aliphatic carbocycles. The summed E-state index contributed by atoms with van der Waals surface area (Å²) < 4.78 is 7.88. The van der Waals surface area contributed by atoms with Gasteiger partial charge in [0.15, 0.2) is 0 Å². The zero-order valence-electron chi connectivity index (χ0n) is 11.6. The second-order valence-corrected chi connectivity index (χ2v) is 5.08. The van der Waals surface area contributed by atoms with Gasteiger partial charge in [-0.1, -0.05) is 6.92 Å². The van der Waals surface area contributed by atoms with Crippen LogP contribution in [-0.4, -0.2) is 47.0 Å². The number of likely N-dealkylation sites (N-methyl/N-ethyl adjacent to an activating group) is 1. The molecular formula is C14H25N3O. The number of nitrogens with zero attached hydrogens (tertiary/aromatic N) is 3. The van der Waals surface area contributed by atoms with Crippen LogP contribution in [0.15, 0.2) is 12.3 Å². The zero-order chi connectivity index (χ0) is 12.8. The molecule has 0 saturated carbocycles. The lowest BCUT2D eigenvalue weighted by molar-refractivity contribution is -0.00546. The number of ether oxygens (including phenoxy) is 1. The van der Waals surface area contributed by atoms with Crippen molar-refractivity contribution in [2.75, 3.05) is 26.2 Å². The normalized spacial score (nSPS) is 20.5. The molecule has 1 fully saturated rings. The summed E-state index contributed by atoms with van der Waals surface area (Å²) >= 11 is 0. The Kier molecular flexibility index (Phi) is 5.20. The van der Waals surface area contributed by atoms with Gasteiger partial charge in [0, 0.05) is 31.6 Å². The molecule has 1 aliphatic rings. The number of hydrogen-bond donors (Lipinski definition) is 0. The van der Waals surface area contributed by atoms with Crippen molar-refractivity contribution in [3.63, 3.8) is 0 Å². The number of rotatable bonds is 6. The highest BCUT2D eigenvalue weighted by Crippen LogP contribution is 2.13. The van der Waals surface area contributed by atoms with E-state index in [9.17, 15) is 0 Å². The van der Waals surface area contributed by atoms with Gasteiger partial charge in [-0.25, -0.2) is 0 Å². The van der Waals surface area contributed by atoms with Crippen LogP contribution in [0.3, 0.4) is 0 Å². The highest BCUT2D eigenvalue weighted by Gasteiger charge is 2.16. The largest absolute Gasteiger partial charge is 0.377 e. The fourth-order valence-corrected chi connectivity index (χ4v) is 2.49. The maximum absolute atomic E-state index is 5.81. The Morgan fingerprint density at radius 2 is 2.39 bits per heavy atom. The molecule has 0 radical (unpaired) electrons. The number of aryl methyl sites for hydroxylation is 1. The topological polar surface area (TPSA) is 30.3 Å². The van der Waals surface area contributed by atoms with E-state index in [1.165, 1.54) is 25.0 Å². The standard InChI is InChI=1S/C14H25N3O/c1-3-16(12-14-6-4-5-11-18-14)9-10-17-13(2)7-8-15-17/h7-8,14H,3-6,9-12H2,1-2H3. The van der Waals surface area contributed by atoms with Crippen molar-refractivity contribution in [2.24, 2.45) is 0 Å². The first-order chi connectivity index (χ1) is 8.79. The molecule has 1 aliphatic heterocycles. The highest BCUT2D eigenvalue weighted by atomic mass is 16.5. The second-order valence-electron chi connectivity index (χ2n) is 5.08. The van der Waals surface area contributed by atoms with Gasteiger partial charge in [-0.05, 0) is 38.8 Å². The maximum Gasteiger partial charge on any atom is 0.0702 e. The first kappa shape index (κ1) is 13.6. The van der Waals surface area contributed by atoms with Crippen molar-refractivity contribution >= 4 is 0 Å². The summed E-state index contributed by atoms with van der Waals surface area (Å²) in [6.45, 7) is 9.45. The van der Waals surface area contributed by atoms with Crippen LogP contribution in [0.1, 0.15) is 31.9 Å². The molecule has 0 amide bonds. The van der Waals surface area contributed by atoms with Crippen LogP contribution in [0, 0.1) is 6.92 Å². The van der Waals surface area contributed by atoms with Gasteiger partial charge >= 0.3 is 0 Å². The summed E-state index contributed by atoms with van der Waals surface area (Å²) in [6.07, 6.45) is 6.08. The smallest absolute Gasteiger partial charge is 0.0702 e. The third-order valence-corrected chi connectivity index (χ3v) is 3.74. The van der Waals surface area contributed by atoms with E-state index in [4.69, 9.17) is 4.74 Å². The van der Waals surface area contributed by atoms with E-state index in [1.807, 2.05) is 6.20 Å². The van der Waals surface area contributed by atoms with Gasteiger partial charge in [-0.2, -0.15) is 5.10 Å². The third kappa shape index (κ3) is 3.82. The Labute approximate surface area is 110 Å². The Morgan fingerprint density at radius 1 is 1.50 bits per heavy atom. The lowest BCUT2D eigenvalue weighted by Crippen LogP contribution is -2.37. The molecule has 1 unspecified atom stereocenters. The van der Waals surface area contributed by atoms with Crippen molar-refractivity contribution in [1.29, 1.82) is 0 Å². The van der Waals surface area contributed by atoms with Crippen LogP contribution < -0.4 is 0 Å². The van der Waals surface area contributed by atoms with E-state index >= 15 is 0 Å². The number of aromatic nitrogens is 2. The van der Waals surface area contributed by atoms with E-state index in [0.717, 1.165) is 32.8 Å². The first-order valence-electron chi connectivity index (χ1n) is 7.12. The van der Waals surface area contributed by atoms with E-state index in [2.05, 4.69) is 34.6 Å². The molecule has 1 saturated heterocycles. The minimum atomic E-state index is 0.442. The average Bonchev–Trinajstić information content (AvgIpc) is 2.81. The summed E-state index contributed by atoms with van der Waals surface area (Å²) in [5, 5.41) is 4.33. The first-order valence-corrected chi connectivity index (χ1v) is 7.12. The maximum atomic E-state index is 5.81. The SMILES string of the molecule is CCN(CCn1nccc1C)CC1CCCCO1. The minimum Gasteiger partial charge on any atom is -0.377 e. The van der Waals surface area contributed by atoms with E-state index in [-0.39, 0.29) is 0 Å². The van der Waals surface area contributed by atoms with Gasteiger partial charge in [0.05, 0.1) is 12.6 Å². The summed E-state index contributed by atoms with van der Waals surface area (Å²) in [6, 6.07) is 2.06. The Bertz CT molecular complexity index is 345. The lowest BCUT2D eigenvalue weighted by Gasteiger charge is -2.29. The molecule has 4 heteroatoms. The molecule has 1 atom stereocenters. The van der Waals surface area contributed by atoms with Gasteiger partial charge in [0.1, 0.15) is 0 Å². The van der Waals surface area contributed by atoms with Crippen LogP contribution in [-0.2, 0) is 11.3 Å². The molecule has 18 heavy (non-hydrogen) atoms. The van der Waals surface area contributed by atoms with Crippen molar-refractivity contribution in [1.82, 2.24) is 14.7 Å². The average molecular weight is 251 g/mol. The highest BCUT2D eigenvalue weighted by molar-refractivity contribution is 4.96. The fraction of sp³-hybridized carbons (Fsp3) is 0.786. The van der Waals surface area contributed by atoms with Crippen LogP contribution in [0.5, 0.6) is 0 Å². The zero-order valence-corrected chi connectivity index (χ0v) is 11.6. The molecule has 2 heterocycles. The van der Waals surface area contributed by atoms with Gasteiger partial charge in [-0.15, -0.1) is 0 Å². The summed E-state index contributed by atoms with van der Waals surface area (Å²) in [4.78, 5) is 2.47. The summed E-state index contributed by atoms with van der Waals surface area (Å²) in [5.41, 5.74) is 1.24. The molecule has 102 valence electrons. The van der Waals surface area contributed by atoms with Gasteiger partial charge < -0.3 is 4.74 Å². The predicted molar refractivity (Wildman–Crippen MR) is 72.7 cm³/mol. The van der Waals surface area contributed by atoms with Crippen LogP contribution >= 0.6 is 0 Å². The quantitative estimate of drug-likeness (QED) is 0.775. The van der Waals surface area contributed by atoms with Crippen LogP contribution in [0.4, 0.5) is 0 Å². The van der Waals surface area contributed by atoms with Crippen LogP contribution in [0.25, 0.3) is 0 Å². The van der Waals surface area contributed by atoms with Gasteiger partial charge in [0.25, 0.3) is 0 Å². The lowest BCUT2D eigenvalue weighted by atomic mass is 10.1. The molecule has 0 aromatic carbocycles. The molecule has 2 rings (SSSR count). The minimum absolute atomic E-state index is 0.442. The van der Waals surface area contributed by atoms with Crippen LogP contribution in [0.2, 0.25) is 0 Å². The Morgan fingerprint density at radius 3 is 3.00 bits per heavy atom. The Balaban J connectivity index is 1.76. The molecule has 0 N–H and O–H groups in total. The Hall–Kier alpha value is -0.870. The van der Waals surface area contributed by atoms with Crippen molar-refractivity contribution in [3.05, 3.63) is 18.0 Å². The van der Waals surface area contributed by atoms with E-state index < -0.39 is 0 Å². The third-order valence-electron chi connectivity index (χ3n) is 3.74.